The third-order valence-corrected chi connectivity index (χ3v) is 3.31. The lowest BCUT2D eigenvalue weighted by molar-refractivity contribution is 0.0832. The average Bonchev–Trinajstić information content (AvgIpc) is 2.90. The molecule has 1 saturated heterocycles. The van der Waals surface area contributed by atoms with E-state index in [9.17, 15) is 0 Å². The Labute approximate surface area is 103 Å². The Bertz CT molecular complexity index is 331. The Hall–Kier alpha value is -1.06. The highest BCUT2D eigenvalue weighted by Crippen LogP contribution is 2.16. The van der Waals surface area contributed by atoms with Crippen LogP contribution in [0.1, 0.15) is 25.3 Å². The Morgan fingerprint density at radius 2 is 2.18 bits per heavy atom. The summed E-state index contributed by atoms with van der Waals surface area (Å²) in [5, 5.41) is 3.51. The van der Waals surface area contributed by atoms with Gasteiger partial charge in [0.1, 0.15) is 5.75 Å². The Morgan fingerprint density at radius 1 is 1.41 bits per heavy atom. The van der Waals surface area contributed by atoms with Gasteiger partial charge in [0, 0.05) is 19.2 Å². The molecule has 17 heavy (non-hydrogen) atoms. The fourth-order valence-corrected chi connectivity index (χ4v) is 2.15. The summed E-state index contributed by atoms with van der Waals surface area (Å²) in [5.41, 5.74) is 1.27. The summed E-state index contributed by atoms with van der Waals surface area (Å²) in [5.74, 6) is 0.904. The van der Waals surface area contributed by atoms with Crippen molar-refractivity contribution in [3.63, 3.8) is 0 Å². The van der Waals surface area contributed by atoms with Crippen molar-refractivity contribution in [2.75, 3.05) is 13.7 Å². The molecule has 0 bridgehead atoms. The largest absolute Gasteiger partial charge is 0.497 e. The van der Waals surface area contributed by atoms with Crippen molar-refractivity contribution >= 4 is 0 Å². The second-order valence-corrected chi connectivity index (χ2v) is 4.57. The van der Waals surface area contributed by atoms with Gasteiger partial charge in [0.25, 0.3) is 0 Å². The molecule has 0 amide bonds. The van der Waals surface area contributed by atoms with Crippen molar-refractivity contribution in [1.82, 2.24) is 5.32 Å². The summed E-state index contributed by atoms with van der Waals surface area (Å²) in [6.07, 6.45) is 2.75. The molecule has 0 aromatic heterocycles. The number of benzene rings is 1. The first-order valence-corrected chi connectivity index (χ1v) is 6.27. The third-order valence-electron chi connectivity index (χ3n) is 3.31. The highest BCUT2D eigenvalue weighted by Gasteiger charge is 2.21. The smallest absolute Gasteiger partial charge is 0.118 e. The molecule has 0 saturated carbocycles. The molecule has 3 nitrogen and oxygen atoms in total. The molecule has 2 unspecified atom stereocenters. The molecule has 0 spiro atoms. The van der Waals surface area contributed by atoms with Crippen LogP contribution in [-0.2, 0) is 11.3 Å². The van der Waals surface area contributed by atoms with E-state index in [1.165, 1.54) is 18.4 Å². The minimum Gasteiger partial charge on any atom is -0.497 e. The van der Waals surface area contributed by atoms with Gasteiger partial charge in [-0.25, -0.2) is 0 Å². The molecule has 94 valence electrons. The lowest BCUT2D eigenvalue weighted by Gasteiger charge is -2.20. The van der Waals surface area contributed by atoms with Gasteiger partial charge in [-0.15, -0.1) is 0 Å². The average molecular weight is 235 g/mol. The second-order valence-electron chi connectivity index (χ2n) is 4.57. The summed E-state index contributed by atoms with van der Waals surface area (Å²) in [4.78, 5) is 0. The highest BCUT2D eigenvalue weighted by atomic mass is 16.5. The zero-order valence-electron chi connectivity index (χ0n) is 10.6. The minimum atomic E-state index is 0.383. The zero-order chi connectivity index (χ0) is 12.1. The van der Waals surface area contributed by atoms with Crippen LogP contribution in [0.25, 0.3) is 0 Å². The van der Waals surface area contributed by atoms with Gasteiger partial charge in [-0.1, -0.05) is 12.1 Å². The first-order valence-electron chi connectivity index (χ1n) is 6.27. The maximum absolute atomic E-state index is 5.66. The molecular weight excluding hydrogens is 214 g/mol. The predicted octanol–water partition coefficient (Wildman–Crippen LogP) is 2.35. The maximum atomic E-state index is 5.66. The van der Waals surface area contributed by atoms with E-state index in [1.54, 1.807) is 7.11 Å². The standard InChI is InChI=1S/C14H21NO2/c1-11(14-4-3-9-17-14)15-10-12-5-7-13(16-2)8-6-12/h5-8,11,14-15H,3-4,9-10H2,1-2H3. The fraction of sp³-hybridized carbons (Fsp3) is 0.571. The molecule has 0 aliphatic carbocycles. The molecular formula is C14H21NO2. The fourth-order valence-electron chi connectivity index (χ4n) is 2.15. The van der Waals surface area contributed by atoms with Crippen LogP contribution in [0.2, 0.25) is 0 Å². The van der Waals surface area contributed by atoms with Crippen LogP contribution in [0.5, 0.6) is 5.75 Å². The normalized spacial score (nSPS) is 21.4. The van der Waals surface area contributed by atoms with Crippen LogP contribution in [0.15, 0.2) is 24.3 Å². The number of ether oxygens (including phenoxy) is 2. The van der Waals surface area contributed by atoms with E-state index in [0.29, 0.717) is 12.1 Å². The van der Waals surface area contributed by atoms with Crippen molar-refractivity contribution in [2.24, 2.45) is 0 Å². The molecule has 2 atom stereocenters. The van der Waals surface area contributed by atoms with Crippen molar-refractivity contribution in [3.8, 4) is 5.75 Å². The van der Waals surface area contributed by atoms with Gasteiger partial charge >= 0.3 is 0 Å². The number of hydrogen-bond donors (Lipinski definition) is 1. The molecule has 0 radical (unpaired) electrons. The number of rotatable bonds is 5. The summed E-state index contributed by atoms with van der Waals surface area (Å²) in [7, 11) is 1.69. The zero-order valence-corrected chi connectivity index (χ0v) is 10.6. The number of hydrogen-bond acceptors (Lipinski definition) is 3. The van der Waals surface area contributed by atoms with Gasteiger partial charge in [-0.3, -0.25) is 0 Å². The first kappa shape index (κ1) is 12.4. The molecule has 1 N–H and O–H groups in total. The monoisotopic (exact) mass is 235 g/mol. The first-order chi connectivity index (χ1) is 8.29. The van der Waals surface area contributed by atoms with Crippen molar-refractivity contribution in [2.45, 2.75) is 38.5 Å². The Morgan fingerprint density at radius 3 is 2.76 bits per heavy atom. The maximum Gasteiger partial charge on any atom is 0.118 e. The Balaban J connectivity index is 1.80. The number of methoxy groups -OCH3 is 1. The second kappa shape index (κ2) is 6.03. The van der Waals surface area contributed by atoms with Crippen LogP contribution < -0.4 is 10.1 Å². The molecule has 3 heteroatoms. The van der Waals surface area contributed by atoms with E-state index >= 15 is 0 Å². The lowest BCUT2D eigenvalue weighted by atomic mass is 10.1. The minimum absolute atomic E-state index is 0.383. The molecule has 1 aromatic rings. The topological polar surface area (TPSA) is 30.5 Å². The number of nitrogens with one attached hydrogen (secondary N) is 1. The van der Waals surface area contributed by atoms with Crippen LogP contribution >= 0.6 is 0 Å². The molecule has 1 heterocycles. The van der Waals surface area contributed by atoms with Gasteiger partial charge in [-0.2, -0.15) is 0 Å². The van der Waals surface area contributed by atoms with E-state index < -0.39 is 0 Å². The summed E-state index contributed by atoms with van der Waals surface area (Å²) in [6, 6.07) is 8.59. The summed E-state index contributed by atoms with van der Waals surface area (Å²) in [6.45, 7) is 3.99. The van der Waals surface area contributed by atoms with E-state index in [0.717, 1.165) is 18.9 Å². The highest BCUT2D eigenvalue weighted by molar-refractivity contribution is 5.27. The van der Waals surface area contributed by atoms with E-state index in [1.807, 2.05) is 12.1 Å². The summed E-state index contributed by atoms with van der Waals surface area (Å²) >= 11 is 0. The summed E-state index contributed by atoms with van der Waals surface area (Å²) < 4.78 is 10.8. The van der Waals surface area contributed by atoms with Crippen LogP contribution in [-0.4, -0.2) is 25.9 Å². The van der Waals surface area contributed by atoms with Crippen molar-refractivity contribution < 1.29 is 9.47 Å². The third kappa shape index (κ3) is 3.45. The van der Waals surface area contributed by atoms with E-state index in [-0.39, 0.29) is 0 Å². The SMILES string of the molecule is COc1ccc(CNC(C)C2CCCO2)cc1. The quantitative estimate of drug-likeness (QED) is 0.850. The molecule has 1 aliphatic heterocycles. The van der Waals surface area contributed by atoms with Crippen molar-refractivity contribution in [3.05, 3.63) is 29.8 Å². The van der Waals surface area contributed by atoms with Crippen LogP contribution in [0.3, 0.4) is 0 Å². The van der Waals surface area contributed by atoms with Gasteiger partial charge in [-0.05, 0) is 37.5 Å². The van der Waals surface area contributed by atoms with Gasteiger partial charge < -0.3 is 14.8 Å². The predicted molar refractivity (Wildman–Crippen MR) is 68.3 cm³/mol. The van der Waals surface area contributed by atoms with Crippen LogP contribution in [0, 0.1) is 0 Å². The van der Waals surface area contributed by atoms with E-state index in [2.05, 4.69) is 24.4 Å². The van der Waals surface area contributed by atoms with Gasteiger partial charge in [0.2, 0.25) is 0 Å². The molecule has 2 rings (SSSR count). The van der Waals surface area contributed by atoms with E-state index in [4.69, 9.17) is 9.47 Å². The molecule has 1 fully saturated rings. The van der Waals surface area contributed by atoms with Gasteiger partial charge in [0.15, 0.2) is 0 Å². The van der Waals surface area contributed by atoms with Crippen LogP contribution in [0.4, 0.5) is 0 Å². The Kier molecular flexibility index (Phi) is 4.40. The van der Waals surface area contributed by atoms with Gasteiger partial charge in [0.05, 0.1) is 13.2 Å². The van der Waals surface area contributed by atoms with Crippen molar-refractivity contribution in [1.29, 1.82) is 0 Å². The molecule has 1 aromatic carbocycles. The molecule has 1 aliphatic rings. The lowest BCUT2D eigenvalue weighted by Crippen LogP contribution is -2.36.